The van der Waals surface area contributed by atoms with Crippen molar-refractivity contribution in [1.82, 2.24) is 25.1 Å². The Kier molecular flexibility index (Phi) is 15.6. The molecule has 6 N–H and O–H groups in total. The topological polar surface area (TPSA) is 160 Å². The number of halogens is 3. The number of pyridine rings is 2. The number of carbonyl (C=O) groups is 2. The number of ketones is 1. The van der Waals surface area contributed by atoms with Crippen molar-refractivity contribution < 1.29 is 14.3 Å². The van der Waals surface area contributed by atoms with E-state index >= 15 is 0 Å². The van der Waals surface area contributed by atoms with Crippen molar-refractivity contribution in [3.63, 3.8) is 0 Å². The number of nitrogens with one attached hydrogen (secondary N) is 2. The molecule has 278 valence electrons. The largest absolute Gasteiger partial charge is 0.481 e. The molecule has 3 aromatic rings. The highest BCUT2D eigenvalue weighted by molar-refractivity contribution is 9.10. The van der Waals surface area contributed by atoms with Crippen LogP contribution >= 0.6 is 39.1 Å². The molecule has 0 spiro atoms. The molecule has 2 aliphatic heterocycles. The molecule has 0 aliphatic carbocycles. The summed E-state index contributed by atoms with van der Waals surface area (Å²) >= 11 is 15.4. The number of Topliss-reactive ketones (excluding diaryl/α,β-unsaturated/α-hetero) is 1. The van der Waals surface area contributed by atoms with Crippen LogP contribution in [0.5, 0.6) is 5.88 Å². The summed E-state index contributed by atoms with van der Waals surface area (Å²) in [5.74, 6) is 2.03. The number of carbonyl (C=O) groups excluding carboxylic acids is 2. The monoisotopic (exact) mass is 805 g/mol. The van der Waals surface area contributed by atoms with E-state index in [0.717, 1.165) is 69.4 Å². The van der Waals surface area contributed by atoms with Crippen molar-refractivity contribution in [2.24, 2.45) is 17.8 Å². The van der Waals surface area contributed by atoms with Crippen molar-refractivity contribution in [1.29, 1.82) is 0 Å². The first-order chi connectivity index (χ1) is 24.3. The second-order valence-electron chi connectivity index (χ2n) is 13.9. The molecule has 11 nitrogen and oxygen atoms in total. The van der Waals surface area contributed by atoms with Crippen LogP contribution in [0.15, 0.2) is 45.7 Å². The van der Waals surface area contributed by atoms with Crippen LogP contribution < -0.4 is 27.1 Å². The van der Waals surface area contributed by atoms with Gasteiger partial charge in [-0.15, -0.1) is 0 Å². The van der Waals surface area contributed by atoms with Gasteiger partial charge in [-0.25, -0.2) is 0 Å². The van der Waals surface area contributed by atoms with E-state index in [1.54, 1.807) is 6.07 Å². The molecule has 2 saturated heterocycles. The Hall–Kier alpha value is -3.16. The normalized spacial score (nSPS) is 16.1. The summed E-state index contributed by atoms with van der Waals surface area (Å²) in [5, 5.41) is 3.37. The average Bonchev–Trinajstić information content (AvgIpc) is 3.08. The maximum Gasteiger partial charge on any atom is 0.262 e. The molecule has 0 atom stereocenters. The summed E-state index contributed by atoms with van der Waals surface area (Å²) in [5.41, 5.74) is 12.7. The lowest BCUT2D eigenvalue weighted by Gasteiger charge is -2.32. The third-order valence-corrected chi connectivity index (χ3v) is 10.4. The number of nitrogens with zero attached hydrogens (tertiary/aromatic N) is 3. The van der Waals surface area contributed by atoms with Gasteiger partial charge in [0.05, 0.1) is 17.2 Å². The fraction of sp³-hybridized carbons (Fsp3) is 0.514. The van der Waals surface area contributed by atoms with Gasteiger partial charge in [0.25, 0.3) is 11.5 Å². The minimum atomic E-state index is -0.529. The second-order valence-corrected chi connectivity index (χ2v) is 15.6. The molecular weight excluding hydrogens is 757 g/mol. The summed E-state index contributed by atoms with van der Waals surface area (Å²) in [6.07, 6.45) is 5.11. The third kappa shape index (κ3) is 12.8. The smallest absolute Gasteiger partial charge is 0.262 e. The van der Waals surface area contributed by atoms with Gasteiger partial charge in [0.2, 0.25) is 5.88 Å². The summed E-state index contributed by atoms with van der Waals surface area (Å²) in [6.45, 7) is 11.3. The average molecular weight is 808 g/mol. The van der Waals surface area contributed by atoms with Crippen LogP contribution in [0.25, 0.3) is 0 Å². The first-order valence-corrected chi connectivity index (χ1v) is 19.0. The van der Waals surface area contributed by atoms with Crippen LogP contribution in [0.1, 0.15) is 67.4 Å². The summed E-state index contributed by atoms with van der Waals surface area (Å²) < 4.78 is 6.31. The highest BCUT2D eigenvalue weighted by atomic mass is 79.9. The molecule has 2 fully saturated rings. The predicted octanol–water partition coefficient (Wildman–Crippen LogP) is 6.21. The van der Waals surface area contributed by atoms with Crippen molar-refractivity contribution >= 4 is 62.5 Å². The van der Waals surface area contributed by atoms with Crippen LogP contribution in [0, 0.1) is 17.8 Å². The minimum absolute atomic E-state index is 0.0127. The maximum atomic E-state index is 12.4. The number of H-pyrrole nitrogens is 1. The van der Waals surface area contributed by atoms with Gasteiger partial charge in [-0.05, 0) is 99.4 Å². The molecule has 0 saturated carbocycles. The second kappa shape index (κ2) is 19.6. The molecule has 51 heavy (non-hydrogen) atoms. The predicted molar refractivity (Wildman–Crippen MR) is 209 cm³/mol. The highest BCUT2D eigenvalue weighted by Crippen LogP contribution is 2.28. The zero-order chi connectivity index (χ0) is 37.1. The molecule has 0 radical (unpaired) electrons. The lowest BCUT2D eigenvalue weighted by Crippen LogP contribution is -2.39. The Morgan fingerprint density at radius 1 is 1.02 bits per heavy atom. The third-order valence-electron chi connectivity index (χ3n) is 9.29. The van der Waals surface area contributed by atoms with Crippen LogP contribution in [-0.2, 0) is 17.8 Å². The first kappa shape index (κ1) is 40.6. The Balaban J connectivity index is 0.000000230. The standard InChI is InChI=1S/C19H22BrClN4O2.C18H28ClN3O2/c20-14-3-1-2-13(8-14)11-25-6-4-12(5-7-25)10-23-18(26)15-9-16(21)17(22)24-19(15)27;1-12(2)11-22-6-4-13(5-7-22)8-15(23)9-14-10-16(19)17(20)21-18(14)24-3/h1-3,8-9,12H,4-7,10-11H2,(H,23,26)(H3,22,24,27);10,12-13H,4-9,11H2,1-3H3,(H2,20,21). The number of piperidine rings is 2. The van der Waals surface area contributed by atoms with Crippen molar-refractivity contribution in [3.8, 4) is 5.88 Å². The van der Waals surface area contributed by atoms with E-state index in [1.807, 2.05) is 12.1 Å². The number of likely N-dealkylation sites (tertiary alicyclic amines) is 2. The number of aromatic nitrogens is 2. The zero-order valence-corrected chi connectivity index (χ0v) is 32.7. The fourth-order valence-electron chi connectivity index (χ4n) is 6.59. The Morgan fingerprint density at radius 2 is 1.69 bits per heavy atom. The van der Waals surface area contributed by atoms with Gasteiger partial charge in [0, 0.05) is 42.5 Å². The molecule has 2 aliphatic rings. The van der Waals surface area contributed by atoms with Gasteiger partial charge in [0.15, 0.2) is 0 Å². The molecular formula is C37H50BrCl2N7O4. The Bertz CT molecular complexity index is 1690. The fourth-order valence-corrected chi connectivity index (χ4v) is 7.36. The van der Waals surface area contributed by atoms with Gasteiger partial charge in [0.1, 0.15) is 23.0 Å². The van der Waals surface area contributed by atoms with E-state index in [9.17, 15) is 14.4 Å². The number of amides is 1. The highest BCUT2D eigenvalue weighted by Gasteiger charge is 2.24. The molecule has 1 aromatic carbocycles. The lowest BCUT2D eigenvalue weighted by molar-refractivity contribution is -0.119. The van der Waals surface area contributed by atoms with E-state index in [2.05, 4.69) is 67.0 Å². The summed E-state index contributed by atoms with van der Waals surface area (Å²) in [4.78, 5) is 47.9. The number of methoxy groups -OCH3 is 1. The Labute approximate surface area is 318 Å². The van der Waals surface area contributed by atoms with Crippen molar-refractivity contribution in [2.45, 2.75) is 58.9 Å². The van der Waals surface area contributed by atoms with Crippen LogP contribution in [-0.4, -0.2) is 77.8 Å². The minimum Gasteiger partial charge on any atom is -0.481 e. The quantitative estimate of drug-likeness (QED) is 0.167. The van der Waals surface area contributed by atoms with Crippen molar-refractivity contribution in [2.75, 3.05) is 57.8 Å². The zero-order valence-electron chi connectivity index (χ0n) is 29.7. The van der Waals surface area contributed by atoms with Crippen LogP contribution in [0.3, 0.4) is 0 Å². The molecule has 2 aromatic heterocycles. The molecule has 0 unspecified atom stereocenters. The van der Waals surface area contributed by atoms with Crippen LogP contribution in [0.4, 0.5) is 11.6 Å². The SMILES string of the molecule is COc1nc(N)c(Cl)cc1CC(=O)CC1CCN(CC(C)C)CC1.Nc1[nH]c(=O)c(C(=O)NCC2CCN(Cc3cccc(Br)c3)CC2)cc1Cl. The number of ether oxygens (including phenoxy) is 1. The van der Waals surface area contributed by atoms with Gasteiger partial charge in [-0.1, -0.05) is 65.1 Å². The molecule has 0 bridgehead atoms. The molecule has 1 amide bonds. The van der Waals surface area contributed by atoms with Crippen molar-refractivity contribution in [3.05, 3.63) is 78.0 Å². The van der Waals surface area contributed by atoms with Gasteiger partial charge in [-0.2, -0.15) is 4.98 Å². The number of nitrogens with two attached hydrogens (primary N) is 2. The van der Waals surface area contributed by atoms with Crippen LogP contribution in [0.2, 0.25) is 10.0 Å². The molecule has 4 heterocycles. The van der Waals surface area contributed by atoms with E-state index in [1.165, 1.54) is 18.7 Å². The number of aromatic amines is 1. The summed E-state index contributed by atoms with van der Waals surface area (Å²) in [6, 6.07) is 11.3. The number of anilines is 2. The number of rotatable bonds is 12. The van der Waals surface area contributed by atoms with Gasteiger partial charge >= 0.3 is 0 Å². The first-order valence-electron chi connectivity index (χ1n) is 17.5. The molecule has 5 rings (SSSR count). The van der Waals surface area contributed by atoms with Gasteiger partial charge < -0.3 is 31.4 Å². The Morgan fingerprint density at radius 3 is 2.33 bits per heavy atom. The van der Waals surface area contributed by atoms with E-state index < -0.39 is 11.5 Å². The maximum absolute atomic E-state index is 12.4. The van der Waals surface area contributed by atoms with E-state index in [-0.39, 0.29) is 28.0 Å². The number of hydrogen-bond acceptors (Lipinski definition) is 9. The number of nitrogen functional groups attached to an aromatic ring is 2. The lowest BCUT2D eigenvalue weighted by atomic mass is 9.90. The summed E-state index contributed by atoms with van der Waals surface area (Å²) in [7, 11) is 1.52. The van der Waals surface area contributed by atoms with E-state index in [0.29, 0.717) is 53.6 Å². The number of hydrogen-bond donors (Lipinski definition) is 4. The number of benzene rings is 1. The van der Waals surface area contributed by atoms with E-state index in [4.69, 9.17) is 39.4 Å². The molecule has 14 heteroatoms. The van der Waals surface area contributed by atoms with Gasteiger partial charge in [-0.3, -0.25) is 19.3 Å².